The van der Waals surface area contributed by atoms with E-state index in [-0.39, 0.29) is 11.7 Å². The smallest absolute Gasteiger partial charge is 0.276 e. The topological polar surface area (TPSA) is 71.0 Å². The lowest BCUT2D eigenvalue weighted by atomic mass is 9.98. The first-order valence-corrected chi connectivity index (χ1v) is 9.65. The van der Waals surface area contributed by atoms with Crippen molar-refractivity contribution in [3.05, 3.63) is 29.6 Å². The first kappa shape index (κ1) is 19.6. The summed E-state index contributed by atoms with van der Waals surface area (Å²) in [4.78, 5) is 15.0. The average Bonchev–Trinajstić information content (AvgIpc) is 3.49. The van der Waals surface area contributed by atoms with E-state index >= 15 is 0 Å². The number of methoxy groups -OCH3 is 1. The third-order valence-electron chi connectivity index (χ3n) is 5.78. The number of nitriles is 1. The SMILES string of the molecule is COc1ccc(F)cc1C[NH+]1CC[NH+](CC(=O)N[C@@](C)(C#N)C2CC2)CC1. The van der Waals surface area contributed by atoms with Gasteiger partial charge in [0.1, 0.15) is 49.8 Å². The van der Waals surface area contributed by atoms with Crippen molar-refractivity contribution in [1.29, 1.82) is 5.26 Å². The van der Waals surface area contributed by atoms with Gasteiger partial charge in [-0.15, -0.1) is 0 Å². The second-order valence-corrected chi connectivity index (χ2v) is 7.95. The zero-order valence-electron chi connectivity index (χ0n) is 16.1. The molecule has 0 aromatic heterocycles. The number of carbonyl (C=O) groups excluding carboxylic acids is 1. The molecule has 3 rings (SSSR count). The van der Waals surface area contributed by atoms with Gasteiger partial charge >= 0.3 is 0 Å². The van der Waals surface area contributed by atoms with Crippen molar-refractivity contribution >= 4 is 5.91 Å². The summed E-state index contributed by atoms with van der Waals surface area (Å²) in [6.07, 6.45) is 2.03. The number of piperazine rings is 1. The highest BCUT2D eigenvalue weighted by Crippen LogP contribution is 2.39. The molecular formula is C20H29FN4O2+2. The number of halogens is 1. The Labute approximate surface area is 159 Å². The summed E-state index contributed by atoms with van der Waals surface area (Å²) in [6, 6.07) is 6.89. The van der Waals surface area contributed by atoms with Gasteiger partial charge in [-0.3, -0.25) is 4.79 Å². The average molecular weight is 376 g/mol. The van der Waals surface area contributed by atoms with Gasteiger partial charge in [-0.1, -0.05) is 0 Å². The van der Waals surface area contributed by atoms with Gasteiger partial charge in [-0.2, -0.15) is 5.26 Å². The van der Waals surface area contributed by atoms with Crippen LogP contribution in [0.4, 0.5) is 4.39 Å². The molecule has 27 heavy (non-hydrogen) atoms. The lowest BCUT2D eigenvalue weighted by Crippen LogP contribution is -3.28. The van der Waals surface area contributed by atoms with E-state index in [1.54, 1.807) is 19.2 Å². The maximum atomic E-state index is 13.5. The van der Waals surface area contributed by atoms with Crippen molar-refractivity contribution in [2.45, 2.75) is 31.8 Å². The van der Waals surface area contributed by atoms with Crippen LogP contribution in [0.15, 0.2) is 18.2 Å². The Morgan fingerprint density at radius 1 is 1.33 bits per heavy atom. The highest BCUT2D eigenvalue weighted by Gasteiger charge is 2.43. The highest BCUT2D eigenvalue weighted by molar-refractivity contribution is 5.78. The van der Waals surface area contributed by atoms with Gasteiger partial charge < -0.3 is 19.9 Å². The Morgan fingerprint density at radius 2 is 2.00 bits per heavy atom. The lowest BCUT2D eigenvalue weighted by Gasteiger charge is -2.30. The van der Waals surface area contributed by atoms with Gasteiger partial charge in [0.2, 0.25) is 0 Å². The first-order valence-electron chi connectivity index (χ1n) is 9.65. The van der Waals surface area contributed by atoms with Crippen LogP contribution in [-0.2, 0) is 11.3 Å². The van der Waals surface area contributed by atoms with E-state index in [1.165, 1.54) is 15.9 Å². The zero-order valence-corrected chi connectivity index (χ0v) is 16.1. The molecule has 7 heteroatoms. The van der Waals surface area contributed by atoms with Gasteiger partial charge in [0.15, 0.2) is 6.54 Å². The van der Waals surface area contributed by atoms with Gasteiger partial charge in [-0.05, 0) is 43.9 Å². The first-order chi connectivity index (χ1) is 12.9. The third-order valence-corrected chi connectivity index (χ3v) is 5.78. The molecule has 0 bridgehead atoms. The van der Waals surface area contributed by atoms with Crippen LogP contribution in [0.5, 0.6) is 5.75 Å². The van der Waals surface area contributed by atoms with Crippen molar-refractivity contribution in [3.8, 4) is 11.8 Å². The molecule has 1 aliphatic carbocycles. The number of nitrogens with zero attached hydrogens (tertiary/aromatic N) is 1. The standard InChI is InChI=1S/C20H27FN4O2/c1-20(14-22,16-3-4-16)23-19(26)13-25-9-7-24(8-10-25)12-15-11-17(21)5-6-18(15)27-2/h5-6,11,16H,3-4,7-10,12-13H2,1-2H3,(H,23,26)/p+2/t20-/m0/s1. The molecule has 1 saturated heterocycles. The molecule has 1 saturated carbocycles. The van der Waals surface area contributed by atoms with Crippen LogP contribution in [0, 0.1) is 23.1 Å². The Balaban J connectivity index is 1.47. The maximum absolute atomic E-state index is 13.5. The Kier molecular flexibility index (Phi) is 5.98. The minimum Gasteiger partial charge on any atom is -0.496 e. The normalized spacial score (nSPS) is 24.5. The lowest BCUT2D eigenvalue weighted by molar-refractivity contribution is -1.02. The van der Waals surface area contributed by atoms with E-state index in [4.69, 9.17) is 4.74 Å². The van der Waals surface area contributed by atoms with E-state index in [0.717, 1.165) is 44.6 Å². The van der Waals surface area contributed by atoms with E-state index < -0.39 is 5.54 Å². The van der Waals surface area contributed by atoms with Gasteiger partial charge in [0, 0.05) is 0 Å². The largest absolute Gasteiger partial charge is 0.496 e. The molecule has 0 radical (unpaired) electrons. The summed E-state index contributed by atoms with van der Waals surface area (Å²) < 4.78 is 18.9. The fraction of sp³-hybridized carbons (Fsp3) is 0.600. The van der Waals surface area contributed by atoms with Gasteiger partial charge in [-0.25, -0.2) is 4.39 Å². The molecule has 1 atom stereocenters. The molecule has 1 heterocycles. The summed E-state index contributed by atoms with van der Waals surface area (Å²) >= 11 is 0. The number of carbonyl (C=O) groups is 1. The third kappa shape index (κ3) is 4.96. The Hall–Kier alpha value is -2.17. The van der Waals surface area contributed by atoms with Crippen molar-refractivity contribution in [2.75, 3.05) is 39.8 Å². The van der Waals surface area contributed by atoms with E-state index in [1.807, 2.05) is 6.92 Å². The molecule has 2 fully saturated rings. The molecule has 1 amide bonds. The molecule has 0 unspecified atom stereocenters. The van der Waals surface area contributed by atoms with Crippen molar-refractivity contribution in [2.24, 2.45) is 5.92 Å². The fourth-order valence-electron chi connectivity index (χ4n) is 3.91. The molecule has 1 aromatic carbocycles. The second-order valence-electron chi connectivity index (χ2n) is 7.95. The number of ether oxygens (including phenoxy) is 1. The summed E-state index contributed by atoms with van der Waals surface area (Å²) in [5.74, 6) is 0.719. The Bertz CT molecular complexity index is 723. The van der Waals surface area contributed by atoms with Crippen LogP contribution in [-0.4, -0.2) is 51.3 Å². The van der Waals surface area contributed by atoms with E-state index in [9.17, 15) is 14.4 Å². The van der Waals surface area contributed by atoms with Crippen LogP contribution >= 0.6 is 0 Å². The highest BCUT2D eigenvalue weighted by atomic mass is 19.1. The quantitative estimate of drug-likeness (QED) is 0.567. The summed E-state index contributed by atoms with van der Waals surface area (Å²) in [5.41, 5.74) is 0.153. The van der Waals surface area contributed by atoms with E-state index in [2.05, 4.69) is 11.4 Å². The van der Waals surface area contributed by atoms with Crippen molar-refractivity contribution < 1.29 is 23.7 Å². The summed E-state index contributed by atoms with van der Waals surface area (Å²) in [5, 5.41) is 12.3. The molecule has 6 nitrogen and oxygen atoms in total. The molecule has 3 N–H and O–H groups in total. The number of amides is 1. The predicted octanol–water partition coefficient (Wildman–Crippen LogP) is -1.07. The number of benzene rings is 1. The molecule has 2 aliphatic rings. The number of rotatable bonds is 7. The van der Waals surface area contributed by atoms with Crippen LogP contribution in [0.1, 0.15) is 25.3 Å². The Morgan fingerprint density at radius 3 is 2.59 bits per heavy atom. The van der Waals surface area contributed by atoms with Crippen LogP contribution in [0.25, 0.3) is 0 Å². The molecule has 1 aromatic rings. The molecular weight excluding hydrogens is 347 g/mol. The molecule has 146 valence electrons. The number of nitrogens with one attached hydrogen (secondary N) is 3. The van der Waals surface area contributed by atoms with Crippen molar-refractivity contribution in [1.82, 2.24) is 5.32 Å². The summed E-state index contributed by atoms with van der Waals surface area (Å²) in [6.45, 7) is 6.54. The fourth-order valence-corrected chi connectivity index (χ4v) is 3.91. The minimum absolute atomic E-state index is 0.0452. The number of quaternary nitrogens is 2. The predicted molar refractivity (Wildman–Crippen MR) is 97.8 cm³/mol. The van der Waals surface area contributed by atoms with Gasteiger partial charge in [0.25, 0.3) is 5.91 Å². The van der Waals surface area contributed by atoms with Crippen LogP contribution in [0.3, 0.4) is 0 Å². The zero-order chi connectivity index (χ0) is 19.4. The minimum atomic E-state index is -0.725. The van der Waals surface area contributed by atoms with Crippen molar-refractivity contribution in [3.63, 3.8) is 0 Å². The summed E-state index contributed by atoms with van der Waals surface area (Å²) in [7, 11) is 1.60. The van der Waals surface area contributed by atoms with Crippen LogP contribution < -0.4 is 19.9 Å². The maximum Gasteiger partial charge on any atom is 0.276 e. The van der Waals surface area contributed by atoms with E-state index in [0.29, 0.717) is 24.8 Å². The number of hydrogen-bond donors (Lipinski definition) is 3. The monoisotopic (exact) mass is 376 g/mol. The van der Waals surface area contributed by atoms with Crippen LogP contribution in [0.2, 0.25) is 0 Å². The molecule has 1 aliphatic heterocycles. The second kappa shape index (κ2) is 8.24. The number of hydrogen-bond acceptors (Lipinski definition) is 3. The van der Waals surface area contributed by atoms with Gasteiger partial charge in [0.05, 0.1) is 18.7 Å². The molecule has 0 spiro atoms.